The Morgan fingerprint density at radius 3 is 2.50 bits per heavy atom. The van der Waals surface area contributed by atoms with Gasteiger partial charge in [-0.3, -0.25) is 0 Å². The molecule has 0 aliphatic carbocycles. The molecule has 0 saturated carbocycles. The summed E-state index contributed by atoms with van der Waals surface area (Å²) in [6.45, 7) is 8.12. The molecule has 0 spiro atoms. The molecule has 0 aliphatic heterocycles. The number of rotatable bonds is 9. The fraction of sp³-hybridized carbons (Fsp3) is 0.400. The maximum Gasteiger partial charge on any atom is 0.119 e. The second kappa shape index (κ2) is 9.30. The van der Waals surface area contributed by atoms with E-state index in [9.17, 15) is 5.11 Å². The van der Waals surface area contributed by atoms with Crippen molar-refractivity contribution >= 4 is 5.69 Å². The SMILES string of the molecule is CCOc1ccc(N(CC)NCc2ccccc2)c(CC(C)O)c1. The van der Waals surface area contributed by atoms with E-state index in [0.29, 0.717) is 13.0 Å². The third-order valence-electron chi connectivity index (χ3n) is 3.80. The van der Waals surface area contributed by atoms with Crippen molar-refractivity contribution in [3.8, 4) is 5.75 Å². The Kier molecular flexibility index (Phi) is 7.09. The summed E-state index contributed by atoms with van der Waals surface area (Å²) in [5.41, 5.74) is 6.88. The van der Waals surface area contributed by atoms with Gasteiger partial charge in [0.2, 0.25) is 0 Å². The van der Waals surface area contributed by atoms with Crippen LogP contribution in [0.5, 0.6) is 5.75 Å². The van der Waals surface area contributed by atoms with Crippen LogP contribution < -0.4 is 15.2 Å². The molecule has 0 aromatic heterocycles. The maximum atomic E-state index is 9.83. The monoisotopic (exact) mass is 328 g/mol. The number of anilines is 1. The van der Waals surface area contributed by atoms with E-state index in [2.05, 4.69) is 35.6 Å². The summed E-state index contributed by atoms with van der Waals surface area (Å²) in [6.07, 6.45) is 0.202. The molecule has 24 heavy (non-hydrogen) atoms. The fourth-order valence-corrected chi connectivity index (χ4v) is 2.71. The van der Waals surface area contributed by atoms with Gasteiger partial charge < -0.3 is 14.9 Å². The highest BCUT2D eigenvalue weighted by molar-refractivity contribution is 5.56. The number of ether oxygens (including phenoxy) is 1. The Labute approximate surface area is 145 Å². The van der Waals surface area contributed by atoms with Crippen molar-refractivity contribution in [2.75, 3.05) is 18.2 Å². The van der Waals surface area contributed by atoms with Gasteiger partial charge in [-0.05, 0) is 50.1 Å². The van der Waals surface area contributed by atoms with Crippen LogP contribution in [-0.2, 0) is 13.0 Å². The van der Waals surface area contributed by atoms with E-state index in [1.807, 2.05) is 44.2 Å². The normalized spacial score (nSPS) is 12.0. The molecule has 2 rings (SSSR count). The number of nitrogens with one attached hydrogen (secondary N) is 1. The fourth-order valence-electron chi connectivity index (χ4n) is 2.71. The second-order valence-electron chi connectivity index (χ2n) is 5.84. The molecule has 0 bridgehead atoms. The molecule has 4 heteroatoms. The molecule has 0 aliphatic rings. The first-order valence-electron chi connectivity index (χ1n) is 8.62. The third-order valence-corrected chi connectivity index (χ3v) is 3.80. The minimum atomic E-state index is -0.395. The molecule has 4 nitrogen and oxygen atoms in total. The van der Waals surface area contributed by atoms with Gasteiger partial charge in [-0.2, -0.15) is 0 Å². The number of hydrogen-bond donors (Lipinski definition) is 2. The summed E-state index contributed by atoms with van der Waals surface area (Å²) >= 11 is 0. The van der Waals surface area contributed by atoms with E-state index in [1.54, 1.807) is 0 Å². The van der Waals surface area contributed by atoms with E-state index in [1.165, 1.54) is 5.56 Å². The lowest BCUT2D eigenvalue weighted by atomic mass is 10.1. The first kappa shape index (κ1) is 18.3. The van der Waals surface area contributed by atoms with Crippen LogP contribution in [0.3, 0.4) is 0 Å². The first-order chi connectivity index (χ1) is 11.6. The van der Waals surface area contributed by atoms with Crippen molar-refractivity contribution in [3.63, 3.8) is 0 Å². The van der Waals surface area contributed by atoms with Crippen molar-refractivity contribution in [3.05, 3.63) is 59.7 Å². The third kappa shape index (κ3) is 5.25. The molecule has 1 unspecified atom stereocenters. The highest BCUT2D eigenvalue weighted by Crippen LogP contribution is 2.26. The molecular formula is C20H28N2O2. The molecule has 130 valence electrons. The van der Waals surface area contributed by atoms with Crippen LogP contribution in [0.15, 0.2) is 48.5 Å². The van der Waals surface area contributed by atoms with E-state index in [4.69, 9.17) is 4.74 Å². The van der Waals surface area contributed by atoms with Crippen LogP contribution >= 0.6 is 0 Å². The summed E-state index contributed by atoms with van der Waals surface area (Å²) in [6, 6.07) is 16.4. The lowest BCUT2D eigenvalue weighted by Crippen LogP contribution is -2.38. The van der Waals surface area contributed by atoms with Gasteiger partial charge in [-0.25, -0.2) is 5.43 Å². The summed E-state index contributed by atoms with van der Waals surface area (Å²) in [4.78, 5) is 0. The number of aliphatic hydroxyl groups is 1. The van der Waals surface area contributed by atoms with E-state index in [0.717, 1.165) is 30.1 Å². The topological polar surface area (TPSA) is 44.7 Å². The highest BCUT2D eigenvalue weighted by Gasteiger charge is 2.13. The largest absolute Gasteiger partial charge is 0.494 e. The Bertz CT molecular complexity index is 614. The summed E-state index contributed by atoms with van der Waals surface area (Å²) in [5.74, 6) is 0.844. The van der Waals surface area contributed by atoms with Crippen LogP contribution in [0.25, 0.3) is 0 Å². The Balaban J connectivity index is 2.18. The summed E-state index contributed by atoms with van der Waals surface area (Å²) in [5, 5.41) is 12.0. The second-order valence-corrected chi connectivity index (χ2v) is 5.84. The smallest absolute Gasteiger partial charge is 0.119 e. The van der Waals surface area contributed by atoms with Crippen molar-refractivity contribution in [2.45, 2.75) is 39.8 Å². The van der Waals surface area contributed by atoms with Crippen molar-refractivity contribution in [1.82, 2.24) is 5.43 Å². The van der Waals surface area contributed by atoms with Gasteiger partial charge in [0.25, 0.3) is 0 Å². The van der Waals surface area contributed by atoms with Gasteiger partial charge in [-0.15, -0.1) is 0 Å². The van der Waals surface area contributed by atoms with Crippen LogP contribution in [0, 0.1) is 0 Å². The predicted octanol–water partition coefficient (Wildman–Crippen LogP) is 3.54. The number of benzene rings is 2. The minimum absolute atomic E-state index is 0.395. The molecule has 0 heterocycles. The molecule has 2 aromatic rings. The standard InChI is InChI=1S/C20H28N2O2/c1-4-22(21-15-17-9-7-6-8-10-17)20-12-11-19(24-5-2)14-18(20)13-16(3)23/h6-12,14,16,21,23H,4-5,13,15H2,1-3H3. The molecule has 0 amide bonds. The lowest BCUT2D eigenvalue weighted by molar-refractivity contribution is 0.195. The average Bonchev–Trinajstić information content (AvgIpc) is 2.57. The Hall–Kier alpha value is -2.04. The quantitative estimate of drug-likeness (QED) is 0.691. The minimum Gasteiger partial charge on any atom is -0.494 e. The molecule has 0 saturated heterocycles. The van der Waals surface area contributed by atoms with Gasteiger partial charge in [0, 0.05) is 19.5 Å². The summed E-state index contributed by atoms with van der Waals surface area (Å²) in [7, 11) is 0. The molecular weight excluding hydrogens is 300 g/mol. The first-order valence-corrected chi connectivity index (χ1v) is 8.62. The molecule has 1 atom stereocenters. The van der Waals surface area contributed by atoms with E-state index < -0.39 is 6.10 Å². The molecule has 0 radical (unpaired) electrons. The zero-order valence-electron chi connectivity index (χ0n) is 14.8. The van der Waals surface area contributed by atoms with Crippen LogP contribution in [0.4, 0.5) is 5.69 Å². The zero-order valence-corrected chi connectivity index (χ0v) is 14.8. The zero-order chi connectivity index (χ0) is 17.4. The van der Waals surface area contributed by atoms with Gasteiger partial charge in [0.15, 0.2) is 0 Å². The van der Waals surface area contributed by atoms with E-state index >= 15 is 0 Å². The highest BCUT2D eigenvalue weighted by atomic mass is 16.5. The number of nitrogens with zero attached hydrogens (tertiary/aromatic N) is 1. The van der Waals surface area contributed by atoms with Crippen molar-refractivity contribution in [1.29, 1.82) is 0 Å². The number of hydrazine groups is 1. The average molecular weight is 328 g/mol. The van der Waals surface area contributed by atoms with Gasteiger partial charge >= 0.3 is 0 Å². The Morgan fingerprint density at radius 1 is 1.12 bits per heavy atom. The predicted molar refractivity (Wildman–Crippen MR) is 99.3 cm³/mol. The lowest BCUT2D eigenvalue weighted by Gasteiger charge is -2.27. The van der Waals surface area contributed by atoms with Crippen LogP contribution in [0.2, 0.25) is 0 Å². The molecule has 2 aromatic carbocycles. The summed E-state index contributed by atoms with van der Waals surface area (Å²) < 4.78 is 5.61. The Morgan fingerprint density at radius 2 is 1.88 bits per heavy atom. The molecule has 2 N–H and O–H groups in total. The molecule has 0 fully saturated rings. The van der Waals surface area contributed by atoms with Crippen molar-refractivity contribution < 1.29 is 9.84 Å². The van der Waals surface area contributed by atoms with Crippen molar-refractivity contribution in [2.24, 2.45) is 0 Å². The van der Waals surface area contributed by atoms with Crippen LogP contribution in [-0.4, -0.2) is 24.4 Å². The van der Waals surface area contributed by atoms with Crippen LogP contribution in [0.1, 0.15) is 31.9 Å². The van der Waals surface area contributed by atoms with Gasteiger partial charge in [0.1, 0.15) is 5.75 Å². The van der Waals surface area contributed by atoms with E-state index in [-0.39, 0.29) is 0 Å². The maximum absolute atomic E-state index is 9.83. The number of aliphatic hydroxyl groups excluding tert-OH is 1. The van der Waals surface area contributed by atoms with Gasteiger partial charge in [-0.1, -0.05) is 30.3 Å². The van der Waals surface area contributed by atoms with Gasteiger partial charge in [0.05, 0.1) is 18.4 Å². The number of hydrogen-bond acceptors (Lipinski definition) is 4.